The number of carbonyl (C=O) groups excluding carboxylic acids is 5. The predicted molar refractivity (Wildman–Crippen MR) is 154 cm³/mol. The van der Waals surface area contributed by atoms with Crippen molar-refractivity contribution in [2.24, 2.45) is 5.92 Å². The molecule has 2 fully saturated rings. The summed E-state index contributed by atoms with van der Waals surface area (Å²) < 4.78 is 0. The van der Waals surface area contributed by atoms with Crippen LogP contribution in [0.5, 0.6) is 0 Å². The Kier molecular flexibility index (Phi) is 9.75. The van der Waals surface area contributed by atoms with Gasteiger partial charge in [0.15, 0.2) is 0 Å². The minimum absolute atomic E-state index is 0.0393. The number of benzene rings is 2. The number of hydrogen-bond donors (Lipinski definition) is 3. The van der Waals surface area contributed by atoms with Crippen LogP contribution in [0.25, 0.3) is 0 Å². The van der Waals surface area contributed by atoms with Crippen LogP contribution >= 0.6 is 0 Å². The average Bonchev–Trinajstić information content (AvgIpc) is 3.45. The first-order valence-electron chi connectivity index (χ1n) is 14.2. The second-order valence-electron chi connectivity index (χ2n) is 11.2. The molecule has 2 saturated heterocycles. The van der Waals surface area contributed by atoms with Crippen molar-refractivity contribution >= 4 is 29.5 Å². The van der Waals surface area contributed by atoms with Crippen LogP contribution in [0.3, 0.4) is 0 Å². The van der Waals surface area contributed by atoms with Gasteiger partial charge in [-0.2, -0.15) is 0 Å². The number of carbonyl (C=O) groups is 5. The minimum Gasteiger partial charge on any atom is -0.349 e. The van der Waals surface area contributed by atoms with Crippen LogP contribution in [0.1, 0.15) is 49.5 Å². The lowest BCUT2D eigenvalue weighted by atomic mass is 10.00. The summed E-state index contributed by atoms with van der Waals surface area (Å²) in [6, 6.07) is 15.2. The maximum atomic E-state index is 13.7. The Labute approximate surface area is 240 Å². The molecule has 2 aliphatic rings. The van der Waals surface area contributed by atoms with Gasteiger partial charge in [0.2, 0.25) is 23.6 Å². The van der Waals surface area contributed by atoms with Crippen molar-refractivity contribution in [3.8, 4) is 0 Å². The monoisotopic (exact) mass is 561 g/mol. The lowest BCUT2D eigenvalue weighted by Crippen LogP contribution is -2.58. The number of fused-ring (bicyclic) bond motifs is 1. The lowest BCUT2D eigenvalue weighted by molar-refractivity contribution is -0.142. The topological polar surface area (TPSA) is 128 Å². The Bertz CT molecular complexity index is 1250. The van der Waals surface area contributed by atoms with Gasteiger partial charge >= 0.3 is 0 Å². The summed E-state index contributed by atoms with van der Waals surface area (Å²) in [5.41, 5.74) is 1.34. The molecule has 0 spiro atoms. The van der Waals surface area contributed by atoms with Gasteiger partial charge in [-0.15, -0.1) is 0 Å². The Hall–Kier alpha value is -4.21. The molecule has 218 valence electrons. The third-order valence-electron chi connectivity index (χ3n) is 7.59. The van der Waals surface area contributed by atoms with E-state index in [1.807, 2.05) is 44.2 Å². The van der Waals surface area contributed by atoms with Crippen LogP contribution in [0.4, 0.5) is 0 Å². The van der Waals surface area contributed by atoms with Crippen molar-refractivity contribution in [2.45, 2.75) is 64.2 Å². The van der Waals surface area contributed by atoms with E-state index in [1.54, 1.807) is 37.3 Å². The van der Waals surface area contributed by atoms with Gasteiger partial charge < -0.3 is 25.8 Å². The van der Waals surface area contributed by atoms with Crippen molar-refractivity contribution in [1.82, 2.24) is 25.8 Å². The number of nitrogens with one attached hydrogen (secondary N) is 3. The zero-order valence-electron chi connectivity index (χ0n) is 23.8. The summed E-state index contributed by atoms with van der Waals surface area (Å²) in [4.78, 5) is 70.0. The normalized spacial score (nSPS) is 24.6. The van der Waals surface area contributed by atoms with Crippen molar-refractivity contribution < 1.29 is 24.0 Å². The molecule has 10 nitrogen and oxygen atoms in total. The van der Waals surface area contributed by atoms with E-state index in [-0.39, 0.29) is 36.7 Å². The van der Waals surface area contributed by atoms with Crippen molar-refractivity contribution in [1.29, 1.82) is 0 Å². The van der Waals surface area contributed by atoms with Crippen molar-refractivity contribution in [2.75, 3.05) is 19.6 Å². The molecule has 2 aromatic carbocycles. The maximum Gasteiger partial charge on any atom is 0.254 e. The van der Waals surface area contributed by atoms with E-state index in [1.165, 1.54) is 9.80 Å². The van der Waals surface area contributed by atoms with Crippen LogP contribution < -0.4 is 16.0 Å². The van der Waals surface area contributed by atoms with E-state index < -0.39 is 36.0 Å². The van der Waals surface area contributed by atoms with Gasteiger partial charge in [0.25, 0.3) is 5.91 Å². The fourth-order valence-electron chi connectivity index (χ4n) is 5.46. The number of nitrogens with zero attached hydrogens (tertiary/aromatic N) is 2. The molecule has 4 atom stereocenters. The molecule has 4 rings (SSSR count). The highest BCUT2D eigenvalue weighted by molar-refractivity contribution is 5.98. The van der Waals surface area contributed by atoms with E-state index >= 15 is 0 Å². The molecule has 0 unspecified atom stereocenters. The van der Waals surface area contributed by atoms with E-state index in [4.69, 9.17) is 0 Å². The molecule has 2 heterocycles. The highest BCUT2D eigenvalue weighted by Crippen LogP contribution is 2.20. The molecule has 0 aliphatic carbocycles. The molecule has 5 amide bonds. The first-order chi connectivity index (χ1) is 19.6. The predicted octanol–water partition coefficient (Wildman–Crippen LogP) is 1.51. The third kappa shape index (κ3) is 7.50. The van der Waals surface area contributed by atoms with Crippen LogP contribution in [-0.2, 0) is 25.6 Å². The smallest absolute Gasteiger partial charge is 0.254 e. The van der Waals surface area contributed by atoms with Crippen LogP contribution in [0.2, 0.25) is 0 Å². The molecule has 0 saturated carbocycles. The minimum atomic E-state index is -0.893. The Morgan fingerprint density at radius 2 is 1.56 bits per heavy atom. The molecule has 2 aliphatic heterocycles. The summed E-state index contributed by atoms with van der Waals surface area (Å²) in [5, 5.41) is 8.66. The Morgan fingerprint density at radius 3 is 2.22 bits per heavy atom. The summed E-state index contributed by atoms with van der Waals surface area (Å²) >= 11 is 0. The van der Waals surface area contributed by atoms with Gasteiger partial charge in [0.05, 0.1) is 12.6 Å². The maximum absolute atomic E-state index is 13.7. The standard InChI is InChI=1S/C31H39N5O5/c1-20(2)27-29(39)33-24(17-22-11-6-4-7-12-22)18-35(31(41)23-13-8-5-9-14-23)19-26(37)32-21(3)30(40)36-16-10-15-25(36)28(38)34-27/h4-9,11-14,20-21,24-25,27H,10,15-19H2,1-3H3,(H,32,37)(H,33,39)(H,34,38)/t21-,24-,25+,27-/m0/s1. The van der Waals surface area contributed by atoms with Gasteiger partial charge in [0.1, 0.15) is 18.1 Å². The van der Waals surface area contributed by atoms with E-state index in [0.29, 0.717) is 31.4 Å². The van der Waals surface area contributed by atoms with E-state index in [0.717, 1.165) is 5.56 Å². The summed E-state index contributed by atoms with van der Waals surface area (Å²) in [6.45, 7) is 5.39. The molecule has 41 heavy (non-hydrogen) atoms. The van der Waals surface area contributed by atoms with Crippen LogP contribution in [0, 0.1) is 5.92 Å². The number of rotatable bonds is 4. The SMILES string of the molecule is CC(C)[C@@H]1NC(=O)[C@H]2CCCN2C(=O)[C@H](C)NC(=O)CN(C(=O)c2ccccc2)C[C@H](Cc2ccccc2)NC1=O. The summed E-state index contributed by atoms with van der Waals surface area (Å²) in [5.74, 6) is -2.26. The van der Waals surface area contributed by atoms with Gasteiger partial charge in [-0.3, -0.25) is 24.0 Å². The fourth-order valence-corrected chi connectivity index (χ4v) is 5.46. The molecule has 3 N–H and O–H groups in total. The molecule has 2 aromatic rings. The molecule has 10 heteroatoms. The second kappa shape index (κ2) is 13.4. The Morgan fingerprint density at radius 1 is 0.902 bits per heavy atom. The van der Waals surface area contributed by atoms with Crippen LogP contribution in [0.15, 0.2) is 60.7 Å². The van der Waals surface area contributed by atoms with Gasteiger partial charge in [-0.1, -0.05) is 62.4 Å². The van der Waals surface area contributed by atoms with E-state index in [2.05, 4.69) is 16.0 Å². The van der Waals surface area contributed by atoms with Crippen molar-refractivity contribution in [3.05, 3.63) is 71.8 Å². The molecule has 0 bridgehead atoms. The zero-order valence-corrected chi connectivity index (χ0v) is 23.8. The second-order valence-corrected chi connectivity index (χ2v) is 11.2. The highest BCUT2D eigenvalue weighted by atomic mass is 16.2. The zero-order chi connectivity index (χ0) is 29.5. The largest absolute Gasteiger partial charge is 0.349 e. The van der Waals surface area contributed by atoms with E-state index in [9.17, 15) is 24.0 Å². The third-order valence-corrected chi connectivity index (χ3v) is 7.59. The van der Waals surface area contributed by atoms with Gasteiger partial charge in [-0.05, 0) is 49.8 Å². The Balaban J connectivity index is 1.71. The molecule has 0 aromatic heterocycles. The number of hydrogen-bond acceptors (Lipinski definition) is 5. The fraction of sp³-hybridized carbons (Fsp3) is 0.452. The molecular weight excluding hydrogens is 522 g/mol. The first-order valence-corrected chi connectivity index (χ1v) is 14.2. The van der Waals surface area contributed by atoms with Crippen molar-refractivity contribution in [3.63, 3.8) is 0 Å². The summed E-state index contributed by atoms with van der Waals surface area (Å²) in [6.07, 6.45) is 1.51. The summed E-state index contributed by atoms with van der Waals surface area (Å²) in [7, 11) is 0. The van der Waals surface area contributed by atoms with Gasteiger partial charge in [0, 0.05) is 18.7 Å². The first kappa shape index (κ1) is 29.8. The average molecular weight is 562 g/mol. The number of amides is 5. The van der Waals surface area contributed by atoms with Gasteiger partial charge in [-0.25, -0.2) is 0 Å². The molecule has 0 radical (unpaired) electrons. The molecular formula is C31H39N5O5. The quantitative estimate of drug-likeness (QED) is 0.522. The lowest BCUT2D eigenvalue weighted by Gasteiger charge is -2.31. The van der Waals surface area contributed by atoms with Crippen LogP contribution in [-0.4, -0.2) is 83.1 Å². The highest BCUT2D eigenvalue weighted by Gasteiger charge is 2.39.